The van der Waals surface area contributed by atoms with E-state index >= 15 is 0 Å². The van der Waals surface area contributed by atoms with Crippen molar-refractivity contribution < 1.29 is 23.1 Å². The van der Waals surface area contributed by atoms with Crippen molar-refractivity contribution in [3.8, 4) is 0 Å². The molecule has 0 fully saturated rings. The quantitative estimate of drug-likeness (QED) is 0.428. The summed E-state index contributed by atoms with van der Waals surface area (Å²) in [4.78, 5) is 11.2. The number of benzene rings is 1. The highest BCUT2D eigenvalue weighted by atomic mass is 31.1. The van der Waals surface area contributed by atoms with Crippen molar-refractivity contribution >= 4 is 14.4 Å². The van der Waals surface area contributed by atoms with Gasteiger partial charge in [-0.3, -0.25) is 0 Å². The lowest BCUT2D eigenvalue weighted by atomic mass is 10.2. The van der Waals surface area contributed by atoms with E-state index in [9.17, 15) is 9.36 Å². The van der Waals surface area contributed by atoms with Crippen LogP contribution in [-0.2, 0) is 25.0 Å². The van der Waals surface area contributed by atoms with Gasteiger partial charge >= 0.3 is 14.4 Å². The van der Waals surface area contributed by atoms with Crippen molar-refractivity contribution in [3.05, 3.63) is 35.9 Å². The molecule has 1 aromatic rings. The van der Waals surface area contributed by atoms with Crippen molar-refractivity contribution in [2.45, 2.75) is 26.4 Å². The van der Waals surface area contributed by atoms with Crippen LogP contribution in [0.25, 0.3) is 0 Å². The number of hydrogen-bond acceptors (Lipinski definition) is 5. The molecular weight excluding hydrogens is 255 g/mol. The summed E-state index contributed by atoms with van der Waals surface area (Å²) in [6, 6.07) is 9.15. The first-order valence-electron chi connectivity index (χ1n) is 5.71. The molecule has 18 heavy (non-hydrogen) atoms. The average molecular weight is 271 g/mol. The summed E-state index contributed by atoms with van der Waals surface area (Å²) in [6.45, 7) is 2.36. The molecule has 0 aliphatic rings. The molecule has 0 bridgehead atoms. The average Bonchev–Trinajstić information content (AvgIpc) is 2.38. The fourth-order valence-electron chi connectivity index (χ4n) is 1.11. The molecule has 5 nitrogen and oxygen atoms in total. The lowest BCUT2D eigenvalue weighted by Gasteiger charge is -1.99. The first-order valence-corrected chi connectivity index (χ1v) is 6.80. The number of hydrogen-bond donors (Lipinski definition) is 0. The van der Waals surface area contributed by atoms with Crippen LogP contribution in [0, 0.1) is 0 Å². The Morgan fingerprint density at radius 3 is 2.67 bits per heavy atom. The minimum atomic E-state index is -2.44. The van der Waals surface area contributed by atoms with E-state index in [1.165, 1.54) is 0 Å². The van der Waals surface area contributed by atoms with Crippen molar-refractivity contribution in [1.82, 2.24) is 0 Å². The SMILES string of the molecule is CCCCO[P+](=O)OC(=O)OCc1ccccc1. The third-order valence-corrected chi connectivity index (χ3v) is 2.73. The monoisotopic (exact) mass is 271 g/mol. The molecule has 6 heteroatoms. The number of unbranched alkanes of at least 4 members (excludes halogenated alkanes) is 1. The van der Waals surface area contributed by atoms with Gasteiger partial charge in [-0.2, -0.15) is 4.79 Å². The van der Waals surface area contributed by atoms with Gasteiger partial charge < -0.3 is 4.74 Å². The summed E-state index contributed by atoms with van der Waals surface area (Å²) in [5.74, 6) is 0. The highest BCUT2D eigenvalue weighted by molar-refractivity contribution is 7.34. The Hall–Kier alpha value is -1.45. The van der Waals surface area contributed by atoms with E-state index < -0.39 is 14.4 Å². The fourth-order valence-corrected chi connectivity index (χ4v) is 1.62. The maximum atomic E-state index is 11.2. The molecule has 0 spiro atoms. The fraction of sp³-hybridized carbons (Fsp3) is 0.417. The Bertz CT molecular complexity index is 379. The van der Waals surface area contributed by atoms with Gasteiger partial charge in [-0.1, -0.05) is 43.7 Å². The van der Waals surface area contributed by atoms with Gasteiger partial charge in [-0.05, 0) is 12.0 Å². The van der Waals surface area contributed by atoms with Gasteiger partial charge in [-0.15, -0.1) is 9.05 Å². The zero-order chi connectivity index (χ0) is 13.2. The standard InChI is InChI=1S/C12H16O5P/c1-2-3-9-16-18(14)17-12(13)15-10-11-7-5-4-6-8-11/h4-8H,2-3,9-10H2,1H3/q+1. The van der Waals surface area contributed by atoms with E-state index in [-0.39, 0.29) is 6.61 Å². The third kappa shape index (κ3) is 6.33. The van der Waals surface area contributed by atoms with Gasteiger partial charge in [0.15, 0.2) is 0 Å². The first kappa shape index (κ1) is 14.6. The molecule has 1 aromatic carbocycles. The van der Waals surface area contributed by atoms with Crippen LogP contribution < -0.4 is 0 Å². The molecule has 0 N–H and O–H groups in total. The summed E-state index contributed by atoms with van der Waals surface area (Å²) in [6.07, 6.45) is 0.696. The van der Waals surface area contributed by atoms with Crippen LogP contribution in [-0.4, -0.2) is 12.8 Å². The van der Waals surface area contributed by atoms with E-state index in [0.29, 0.717) is 6.61 Å². The summed E-state index contributed by atoms with van der Waals surface area (Å²) in [5, 5.41) is 0. The predicted molar refractivity (Wildman–Crippen MR) is 66.2 cm³/mol. The highest BCUT2D eigenvalue weighted by Gasteiger charge is 2.27. The zero-order valence-electron chi connectivity index (χ0n) is 10.2. The van der Waals surface area contributed by atoms with Crippen LogP contribution >= 0.6 is 8.25 Å². The van der Waals surface area contributed by atoms with E-state index in [2.05, 4.69) is 4.52 Å². The Morgan fingerprint density at radius 2 is 2.00 bits per heavy atom. The maximum absolute atomic E-state index is 11.2. The van der Waals surface area contributed by atoms with E-state index in [0.717, 1.165) is 18.4 Å². The maximum Gasteiger partial charge on any atom is 0.756 e. The molecular formula is C12H16O5P+. The van der Waals surface area contributed by atoms with Crippen molar-refractivity contribution in [2.75, 3.05) is 6.61 Å². The van der Waals surface area contributed by atoms with Gasteiger partial charge in [0, 0.05) is 4.57 Å². The summed E-state index contributed by atoms with van der Waals surface area (Å²) in [7, 11) is -2.44. The minimum absolute atomic E-state index is 0.0812. The second-order valence-corrected chi connectivity index (χ2v) is 4.41. The van der Waals surface area contributed by atoms with Crippen LogP contribution in [0.4, 0.5) is 4.79 Å². The Kier molecular flexibility index (Phi) is 6.99. The molecule has 0 saturated carbocycles. The van der Waals surface area contributed by atoms with E-state index in [1.54, 1.807) is 0 Å². The molecule has 1 unspecified atom stereocenters. The van der Waals surface area contributed by atoms with Crippen molar-refractivity contribution in [2.24, 2.45) is 0 Å². The summed E-state index contributed by atoms with van der Waals surface area (Å²) >= 11 is 0. The molecule has 0 amide bonds. The number of carbonyl (C=O) groups is 1. The van der Waals surface area contributed by atoms with Crippen LogP contribution in [0.1, 0.15) is 25.3 Å². The van der Waals surface area contributed by atoms with Gasteiger partial charge in [0.2, 0.25) is 0 Å². The van der Waals surface area contributed by atoms with Crippen LogP contribution in [0.5, 0.6) is 0 Å². The lowest BCUT2D eigenvalue weighted by Crippen LogP contribution is -2.03. The summed E-state index contributed by atoms with van der Waals surface area (Å²) in [5.41, 5.74) is 0.830. The smallest absolute Gasteiger partial charge is 0.426 e. The summed E-state index contributed by atoms with van der Waals surface area (Å²) < 4.78 is 25.2. The molecule has 1 atom stereocenters. The van der Waals surface area contributed by atoms with Gasteiger partial charge in [0.1, 0.15) is 13.2 Å². The van der Waals surface area contributed by atoms with E-state index in [4.69, 9.17) is 9.26 Å². The van der Waals surface area contributed by atoms with E-state index in [1.807, 2.05) is 37.3 Å². The molecule has 0 aliphatic heterocycles. The molecule has 0 saturated heterocycles. The first-order chi connectivity index (χ1) is 8.72. The molecule has 0 heterocycles. The Balaban J connectivity index is 2.19. The van der Waals surface area contributed by atoms with Gasteiger partial charge in [0.25, 0.3) is 0 Å². The predicted octanol–water partition coefficient (Wildman–Crippen LogP) is 3.81. The largest absolute Gasteiger partial charge is 0.756 e. The Morgan fingerprint density at radius 1 is 1.28 bits per heavy atom. The Labute approximate surface area is 107 Å². The topological polar surface area (TPSA) is 61.8 Å². The second kappa shape index (κ2) is 8.61. The van der Waals surface area contributed by atoms with Crippen LogP contribution in [0.3, 0.4) is 0 Å². The normalized spacial score (nSPS) is 10.8. The van der Waals surface area contributed by atoms with Crippen molar-refractivity contribution in [1.29, 1.82) is 0 Å². The number of carbonyl (C=O) groups excluding carboxylic acids is 1. The molecule has 1 rings (SSSR count). The van der Waals surface area contributed by atoms with Crippen LogP contribution in [0.15, 0.2) is 30.3 Å². The lowest BCUT2D eigenvalue weighted by molar-refractivity contribution is 0.0882. The second-order valence-electron chi connectivity index (χ2n) is 3.53. The molecule has 0 radical (unpaired) electrons. The van der Waals surface area contributed by atoms with Gasteiger partial charge in [0.05, 0.1) is 0 Å². The van der Waals surface area contributed by atoms with Crippen LogP contribution in [0.2, 0.25) is 0 Å². The zero-order valence-corrected chi connectivity index (χ0v) is 11.1. The molecule has 0 aliphatic carbocycles. The van der Waals surface area contributed by atoms with Crippen molar-refractivity contribution in [3.63, 3.8) is 0 Å². The number of rotatable bonds is 7. The minimum Gasteiger partial charge on any atom is -0.426 e. The molecule has 0 aromatic heterocycles. The third-order valence-electron chi connectivity index (χ3n) is 2.04. The van der Waals surface area contributed by atoms with Gasteiger partial charge in [-0.25, -0.2) is 0 Å². The highest BCUT2D eigenvalue weighted by Crippen LogP contribution is 2.24. The number of ether oxygens (including phenoxy) is 1. The molecule has 98 valence electrons.